The molecule has 158 valence electrons. The molecule has 31 heavy (non-hydrogen) atoms. The maximum atomic E-state index is 12.4. The number of pyridine rings is 1. The highest BCUT2D eigenvalue weighted by atomic mass is 16.2. The van der Waals surface area contributed by atoms with E-state index in [2.05, 4.69) is 30.7 Å². The monoisotopic (exact) mass is 417 g/mol. The summed E-state index contributed by atoms with van der Waals surface area (Å²) in [4.78, 5) is 32.4. The number of hydrogen-bond acceptors (Lipinski definition) is 7. The van der Waals surface area contributed by atoms with Crippen molar-refractivity contribution >= 4 is 29.1 Å². The molecule has 3 aromatic rings. The molecule has 1 fully saturated rings. The van der Waals surface area contributed by atoms with E-state index in [1.165, 1.54) is 0 Å². The Balaban J connectivity index is 1.24. The highest BCUT2D eigenvalue weighted by molar-refractivity contribution is 5.96. The molecule has 0 saturated carbocycles. The van der Waals surface area contributed by atoms with E-state index >= 15 is 0 Å². The zero-order valence-electron chi connectivity index (χ0n) is 16.9. The molecular weight excluding hydrogens is 394 g/mol. The number of rotatable bonds is 6. The number of aromatic nitrogens is 3. The number of nitrogens with one attached hydrogen (secondary N) is 2. The Bertz CT molecular complexity index is 1010. The van der Waals surface area contributed by atoms with Crippen molar-refractivity contribution in [3.05, 3.63) is 72.6 Å². The Morgan fingerprint density at radius 1 is 0.903 bits per heavy atom. The lowest BCUT2D eigenvalue weighted by Gasteiger charge is -2.35. The minimum absolute atomic E-state index is 0.0117. The third-order valence-electron chi connectivity index (χ3n) is 4.98. The predicted octanol–water partition coefficient (Wildman–Crippen LogP) is 1.69. The second kappa shape index (κ2) is 9.66. The van der Waals surface area contributed by atoms with Crippen LogP contribution in [0.2, 0.25) is 0 Å². The first-order valence-electron chi connectivity index (χ1n) is 10.1. The van der Waals surface area contributed by atoms with Crippen LogP contribution in [0.15, 0.2) is 67.0 Å². The Kier molecular flexibility index (Phi) is 6.32. The molecule has 0 atom stereocenters. The average molecular weight is 417 g/mol. The van der Waals surface area contributed by atoms with Gasteiger partial charge in [-0.25, -0.2) is 0 Å². The minimum atomic E-state index is -0.247. The highest BCUT2D eigenvalue weighted by Crippen LogP contribution is 2.17. The Labute approximate surface area is 180 Å². The second-order valence-corrected chi connectivity index (χ2v) is 7.06. The molecule has 9 heteroatoms. The van der Waals surface area contributed by atoms with Crippen molar-refractivity contribution < 1.29 is 9.59 Å². The fourth-order valence-electron chi connectivity index (χ4n) is 3.29. The molecular formula is C22H23N7O2. The summed E-state index contributed by atoms with van der Waals surface area (Å²) in [6.45, 7) is 2.43. The van der Waals surface area contributed by atoms with Gasteiger partial charge in [0.25, 0.3) is 5.91 Å². The largest absolute Gasteiger partial charge is 0.352 e. The summed E-state index contributed by atoms with van der Waals surface area (Å²) in [5, 5.41) is 14.4. The van der Waals surface area contributed by atoms with Gasteiger partial charge in [0, 0.05) is 37.9 Å². The summed E-state index contributed by atoms with van der Waals surface area (Å²) in [5.41, 5.74) is 1.39. The van der Waals surface area contributed by atoms with E-state index in [1.807, 2.05) is 30.3 Å². The number of nitrogens with zero attached hydrogens (tertiary/aromatic N) is 5. The Morgan fingerprint density at radius 3 is 2.39 bits per heavy atom. The molecule has 1 saturated heterocycles. The Hall–Kier alpha value is -4.01. The van der Waals surface area contributed by atoms with Crippen LogP contribution in [0.25, 0.3) is 0 Å². The van der Waals surface area contributed by atoms with Crippen molar-refractivity contribution in [2.24, 2.45) is 0 Å². The fourth-order valence-corrected chi connectivity index (χ4v) is 3.29. The van der Waals surface area contributed by atoms with E-state index in [1.54, 1.807) is 41.6 Å². The van der Waals surface area contributed by atoms with Crippen LogP contribution in [0.5, 0.6) is 0 Å². The van der Waals surface area contributed by atoms with Crippen LogP contribution in [0, 0.1) is 0 Å². The third-order valence-corrected chi connectivity index (χ3v) is 4.98. The van der Waals surface area contributed by atoms with Gasteiger partial charge in [0.1, 0.15) is 0 Å². The molecule has 9 nitrogen and oxygen atoms in total. The lowest BCUT2D eigenvalue weighted by molar-refractivity contribution is -0.130. The summed E-state index contributed by atoms with van der Waals surface area (Å²) in [5.74, 6) is 1.06. The molecule has 0 spiro atoms. The van der Waals surface area contributed by atoms with Crippen molar-refractivity contribution in [3.63, 3.8) is 0 Å². The van der Waals surface area contributed by atoms with Gasteiger partial charge in [-0.05, 0) is 36.4 Å². The van der Waals surface area contributed by atoms with E-state index in [4.69, 9.17) is 0 Å². The zero-order valence-corrected chi connectivity index (χ0v) is 16.9. The summed E-state index contributed by atoms with van der Waals surface area (Å²) in [6.07, 6.45) is 3.43. The highest BCUT2D eigenvalue weighted by Gasteiger charge is 2.22. The molecule has 0 radical (unpaired) electrons. The van der Waals surface area contributed by atoms with Crippen LogP contribution < -0.4 is 15.5 Å². The fraction of sp³-hybridized carbons (Fsp3) is 0.227. The van der Waals surface area contributed by atoms with Crippen molar-refractivity contribution in [1.82, 2.24) is 25.4 Å². The molecule has 1 aliphatic heterocycles. The van der Waals surface area contributed by atoms with Crippen LogP contribution in [0.4, 0.5) is 17.3 Å². The van der Waals surface area contributed by atoms with Gasteiger partial charge in [0.2, 0.25) is 5.91 Å². The van der Waals surface area contributed by atoms with Crippen LogP contribution in [-0.4, -0.2) is 64.6 Å². The maximum Gasteiger partial charge on any atom is 0.251 e. The number of piperazine rings is 1. The lowest BCUT2D eigenvalue weighted by atomic mass is 10.2. The van der Waals surface area contributed by atoms with Crippen molar-refractivity contribution in [2.75, 3.05) is 42.9 Å². The molecule has 0 aliphatic carbocycles. The van der Waals surface area contributed by atoms with Crippen LogP contribution in [0.3, 0.4) is 0 Å². The van der Waals surface area contributed by atoms with E-state index < -0.39 is 0 Å². The van der Waals surface area contributed by atoms with Crippen molar-refractivity contribution in [2.45, 2.75) is 0 Å². The lowest BCUT2D eigenvalue weighted by Crippen LogP contribution is -2.51. The minimum Gasteiger partial charge on any atom is -0.352 e. The molecule has 1 aromatic carbocycles. The number of anilines is 3. The molecule has 2 aromatic heterocycles. The van der Waals surface area contributed by atoms with Gasteiger partial charge in [-0.15, -0.1) is 10.2 Å². The second-order valence-electron chi connectivity index (χ2n) is 7.06. The first kappa shape index (κ1) is 20.3. The van der Waals surface area contributed by atoms with Gasteiger partial charge in [-0.2, -0.15) is 0 Å². The van der Waals surface area contributed by atoms with Gasteiger partial charge < -0.3 is 20.4 Å². The van der Waals surface area contributed by atoms with Gasteiger partial charge in [-0.3, -0.25) is 14.6 Å². The van der Waals surface area contributed by atoms with Gasteiger partial charge in [-0.1, -0.05) is 18.2 Å². The van der Waals surface area contributed by atoms with E-state index in [0.717, 1.165) is 11.5 Å². The zero-order chi connectivity index (χ0) is 21.5. The van der Waals surface area contributed by atoms with Gasteiger partial charge in [0.05, 0.1) is 18.4 Å². The van der Waals surface area contributed by atoms with Gasteiger partial charge >= 0.3 is 0 Å². The molecule has 2 N–H and O–H groups in total. The predicted molar refractivity (Wildman–Crippen MR) is 117 cm³/mol. The normalized spacial score (nSPS) is 13.5. The van der Waals surface area contributed by atoms with Crippen molar-refractivity contribution in [1.29, 1.82) is 0 Å². The average Bonchev–Trinajstić information content (AvgIpc) is 2.84. The first-order valence-corrected chi connectivity index (χ1v) is 10.1. The van der Waals surface area contributed by atoms with Gasteiger partial charge in [0.15, 0.2) is 11.6 Å². The summed E-state index contributed by atoms with van der Waals surface area (Å²) in [7, 11) is 0. The number of carbonyl (C=O) groups excluding carboxylic acids is 2. The number of amides is 2. The van der Waals surface area contributed by atoms with Crippen LogP contribution in [0.1, 0.15) is 10.4 Å². The molecule has 2 amide bonds. The SMILES string of the molecule is O=C(NCC(=O)N1CCN(c2ccc(Nc3cccnc3)nn2)CC1)c1ccccc1. The van der Waals surface area contributed by atoms with E-state index in [9.17, 15) is 9.59 Å². The smallest absolute Gasteiger partial charge is 0.251 e. The van der Waals surface area contributed by atoms with E-state index in [-0.39, 0.29) is 18.4 Å². The Morgan fingerprint density at radius 2 is 1.71 bits per heavy atom. The van der Waals surface area contributed by atoms with E-state index in [0.29, 0.717) is 37.6 Å². The quantitative estimate of drug-likeness (QED) is 0.629. The van der Waals surface area contributed by atoms with Crippen LogP contribution >= 0.6 is 0 Å². The molecule has 1 aliphatic rings. The summed E-state index contributed by atoms with van der Waals surface area (Å²) >= 11 is 0. The van der Waals surface area contributed by atoms with Crippen LogP contribution in [-0.2, 0) is 4.79 Å². The van der Waals surface area contributed by atoms with Crippen molar-refractivity contribution in [3.8, 4) is 0 Å². The first-order chi connectivity index (χ1) is 15.2. The third kappa shape index (κ3) is 5.33. The number of hydrogen-bond donors (Lipinski definition) is 2. The topological polar surface area (TPSA) is 103 Å². The summed E-state index contributed by atoms with van der Waals surface area (Å²) < 4.78 is 0. The maximum absolute atomic E-state index is 12.4. The molecule has 0 unspecified atom stereocenters. The standard InChI is InChI=1S/C22H23N7O2/c30-21(16-24-22(31)17-5-2-1-3-6-17)29-13-11-28(12-14-29)20-9-8-19(26-27-20)25-18-7-4-10-23-15-18/h1-10,15H,11-14,16H2,(H,24,31)(H,25,26). The summed E-state index contributed by atoms with van der Waals surface area (Å²) in [6, 6.07) is 16.4. The molecule has 3 heterocycles. The number of carbonyl (C=O) groups is 2. The number of benzene rings is 1. The molecule has 4 rings (SSSR count). The molecule has 0 bridgehead atoms.